The molecule has 0 fully saturated rings. The zero-order valence-corrected chi connectivity index (χ0v) is 5.04. The van der Waals surface area contributed by atoms with Crippen LogP contribution in [0.15, 0.2) is 35.7 Å². The van der Waals surface area contributed by atoms with Crippen molar-refractivity contribution in [2.75, 3.05) is 0 Å². The minimum atomic E-state index is 0.469. The van der Waals surface area contributed by atoms with Crippen LogP contribution in [0, 0.1) is 0 Å². The van der Waals surface area contributed by atoms with E-state index in [9.17, 15) is 0 Å². The van der Waals surface area contributed by atoms with E-state index in [1.54, 1.807) is 6.26 Å². The summed E-state index contributed by atoms with van der Waals surface area (Å²) in [5, 5.41) is 0. The summed E-state index contributed by atoms with van der Waals surface area (Å²) in [6, 6.07) is 3.67. The molecule has 0 atom stereocenters. The van der Waals surface area contributed by atoms with Crippen molar-refractivity contribution >= 4 is 0 Å². The largest absolute Gasteiger partial charge is 0.494 e. The van der Waals surface area contributed by atoms with Crippen molar-refractivity contribution in [1.29, 1.82) is 0 Å². The maximum atomic E-state index is 4.96. The van der Waals surface area contributed by atoms with Gasteiger partial charge in [0.1, 0.15) is 12.4 Å². The normalized spacial score (nSPS) is 8.89. The third-order valence-corrected chi connectivity index (χ3v) is 0.924. The molecule has 1 rings (SSSR count). The maximum absolute atomic E-state index is 4.96. The van der Waals surface area contributed by atoms with Crippen LogP contribution >= 0.6 is 0 Å². The Morgan fingerprint density at radius 2 is 2.67 bits per heavy atom. The molecule has 0 spiro atoms. The number of furan rings is 1. The first-order valence-corrected chi connectivity index (χ1v) is 2.68. The van der Waals surface area contributed by atoms with E-state index in [2.05, 4.69) is 6.58 Å². The molecule has 1 aromatic heterocycles. The third kappa shape index (κ3) is 1.64. The van der Waals surface area contributed by atoms with Gasteiger partial charge in [0.2, 0.25) is 0 Å². The first-order valence-electron chi connectivity index (χ1n) is 2.68. The van der Waals surface area contributed by atoms with Crippen LogP contribution in [0.25, 0.3) is 0 Å². The first-order chi connectivity index (χ1) is 4.43. The van der Waals surface area contributed by atoms with Crippen LogP contribution in [0.1, 0.15) is 5.76 Å². The smallest absolute Gasteiger partial charge is 0.145 e. The Hall–Kier alpha value is -1.18. The predicted molar refractivity (Wildman–Crippen MR) is 33.7 cm³/mol. The molecular formula is C7H8O2. The Labute approximate surface area is 53.7 Å². The fourth-order valence-electron chi connectivity index (χ4n) is 0.536. The van der Waals surface area contributed by atoms with Gasteiger partial charge in [-0.3, -0.25) is 0 Å². The van der Waals surface area contributed by atoms with Crippen molar-refractivity contribution in [3.63, 3.8) is 0 Å². The Kier molecular flexibility index (Phi) is 1.96. The molecule has 2 heteroatoms. The van der Waals surface area contributed by atoms with Crippen molar-refractivity contribution in [2.45, 2.75) is 6.61 Å². The number of ether oxygens (including phenoxy) is 1. The molecule has 0 aliphatic heterocycles. The molecule has 0 aromatic carbocycles. The standard InChI is InChI=1S/C7H8O2/c1-2-8-6-7-4-3-5-9-7/h2-5H,1,6H2. The molecule has 0 saturated heterocycles. The lowest BCUT2D eigenvalue weighted by atomic mass is 10.5. The van der Waals surface area contributed by atoms with E-state index >= 15 is 0 Å². The summed E-state index contributed by atoms with van der Waals surface area (Å²) in [5.41, 5.74) is 0. The van der Waals surface area contributed by atoms with E-state index in [0.717, 1.165) is 5.76 Å². The van der Waals surface area contributed by atoms with Crippen molar-refractivity contribution in [1.82, 2.24) is 0 Å². The van der Waals surface area contributed by atoms with Gasteiger partial charge < -0.3 is 9.15 Å². The van der Waals surface area contributed by atoms with E-state index in [1.807, 2.05) is 12.1 Å². The summed E-state index contributed by atoms with van der Waals surface area (Å²) in [6.45, 7) is 3.86. The van der Waals surface area contributed by atoms with Crippen molar-refractivity contribution < 1.29 is 9.15 Å². The minimum Gasteiger partial charge on any atom is -0.494 e. The molecule has 0 aliphatic rings. The summed E-state index contributed by atoms with van der Waals surface area (Å²) in [5.74, 6) is 0.815. The van der Waals surface area contributed by atoms with Crippen LogP contribution in [0.4, 0.5) is 0 Å². The predicted octanol–water partition coefficient (Wildman–Crippen LogP) is 1.94. The Morgan fingerprint density at radius 3 is 3.22 bits per heavy atom. The molecule has 0 N–H and O–H groups in total. The number of hydrogen-bond acceptors (Lipinski definition) is 2. The van der Waals surface area contributed by atoms with E-state index in [-0.39, 0.29) is 0 Å². The summed E-state index contributed by atoms with van der Waals surface area (Å²) >= 11 is 0. The summed E-state index contributed by atoms with van der Waals surface area (Å²) in [7, 11) is 0. The lowest BCUT2D eigenvalue weighted by Gasteiger charge is -1.92. The van der Waals surface area contributed by atoms with Crippen LogP contribution in [-0.2, 0) is 11.3 Å². The molecule has 0 bridgehead atoms. The van der Waals surface area contributed by atoms with Gasteiger partial charge in [-0.05, 0) is 12.1 Å². The topological polar surface area (TPSA) is 22.4 Å². The van der Waals surface area contributed by atoms with Crippen molar-refractivity contribution in [3.8, 4) is 0 Å². The van der Waals surface area contributed by atoms with Gasteiger partial charge in [0.25, 0.3) is 0 Å². The molecule has 48 valence electrons. The Balaban J connectivity index is 2.38. The molecule has 1 heterocycles. The molecule has 0 unspecified atom stereocenters. The molecular weight excluding hydrogens is 116 g/mol. The maximum Gasteiger partial charge on any atom is 0.145 e. The molecule has 2 nitrogen and oxygen atoms in total. The molecule has 0 amide bonds. The monoisotopic (exact) mass is 124 g/mol. The average molecular weight is 124 g/mol. The van der Waals surface area contributed by atoms with Gasteiger partial charge in [0.05, 0.1) is 12.5 Å². The second-order valence-electron chi connectivity index (χ2n) is 1.56. The molecule has 0 aliphatic carbocycles. The summed E-state index contributed by atoms with van der Waals surface area (Å²) < 4.78 is 9.81. The Bertz CT molecular complexity index is 165. The van der Waals surface area contributed by atoms with Gasteiger partial charge in [-0.25, -0.2) is 0 Å². The van der Waals surface area contributed by atoms with Crippen LogP contribution in [0.3, 0.4) is 0 Å². The first kappa shape index (κ1) is 5.95. The van der Waals surface area contributed by atoms with Crippen molar-refractivity contribution in [3.05, 3.63) is 37.0 Å². The molecule has 9 heavy (non-hydrogen) atoms. The van der Waals surface area contributed by atoms with Crippen molar-refractivity contribution in [2.24, 2.45) is 0 Å². The van der Waals surface area contributed by atoms with Gasteiger partial charge in [0.15, 0.2) is 0 Å². The van der Waals surface area contributed by atoms with Crippen LogP contribution in [0.2, 0.25) is 0 Å². The van der Waals surface area contributed by atoms with Gasteiger partial charge >= 0.3 is 0 Å². The van der Waals surface area contributed by atoms with Crippen LogP contribution in [0.5, 0.6) is 0 Å². The van der Waals surface area contributed by atoms with Crippen LogP contribution in [-0.4, -0.2) is 0 Å². The van der Waals surface area contributed by atoms with E-state index < -0.39 is 0 Å². The lowest BCUT2D eigenvalue weighted by Crippen LogP contribution is -1.80. The second kappa shape index (κ2) is 2.97. The highest BCUT2D eigenvalue weighted by atomic mass is 16.5. The molecule has 1 aromatic rings. The lowest BCUT2D eigenvalue weighted by molar-refractivity contribution is 0.211. The fraction of sp³-hybridized carbons (Fsp3) is 0.143. The summed E-state index contributed by atoms with van der Waals surface area (Å²) in [4.78, 5) is 0. The molecule has 0 saturated carbocycles. The number of hydrogen-bond donors (Lipinski definition) is 0. The fourth-order valence-corrected chi connectivity index (χ4v) is 0.536. The minimum absolute atomic E-state index is 0.469. The zero-order valence-electron chi connectivity index (χ0n) is 5.04. The average Bonchev–Trinajstić information content (AvgIpc) is 2.34. The highest BCUT2D eigenvalue weighted by Crippen LogP contribution is 2.00. The SMILES string of the molecule is C=COCc1ccco1. The Morgan fingerprint density at radius 1 is 1.78 bits per heavy atom. The van der Waals surface area contributed by atoms with Gasteiger partial charge in [-0.15, -0.1) is 0 Å². The third-order valence-electron chi connectivity index (χ3n) is 0.924. The quantitative estimate of drug-likeness (QED) is 0.574. The van der Waals surface area contributed by atoms with E-state index in [4.69, 9.17) is 9.15 Å². The van der Waals surface area contributed by atoms with Gasteiger partial charge in [-0.1, -0.05) is 6.58 Å². The number of rotatable bonds is 3. The van der Waals surface area contributed by atoms with Gasteiger partial charge in [0, 0.05) is 0 Å². The summed E-state index contributed by atoms with van der Waals surface area (Å²) in [6.07, 6.45) is 3.00. The molecule has 0 radical (unpaired) electrons. The van der Waals surface area contributed by atoms with Gasteiger partial charge in [-0.2, -0.15) is 0 Å². The second-order valence-corrected chi connectivity index (χ2v) is 1.56. The highest BCUT2D eigenvalue weighted by molar-refractivity contribution is 4.96. The van der Waals surface area contributed by atoms with E-state index in [1.165, 1.54) is 6.26 Å². The highest BCUT2D eigenvalue weighted by Gasteiger charge is 1.90. The van der Waals surface area contributed by atoms with E-state index in [0.29, 0.717) is 6.61 Å². The zero-order chi connectivity index (χ0) is 6.53. The van der Waals surface area contributed by atoms with Crippen LogP contribution < -0.4 is 0 Å².